The van der Waals surface area contributed by atoms with E-state index in [1.165, 1.54) is 9.75 Å². The van der Waals surface area contributed by atoms with Gasteiger partial charge in [-0.1, -0.05) is 6.92 Å². The Kier molecular flexibility index (Phi) is 5.35. The van der Waals surface area contributed by atoms with Gasteiger partial charge in [0.15, 0.2) is 0 Å². The lowest BCUT2D eigenvalue weighted by atomic mass is 10.0. The summed E-state index contributed by atoms with van der Waals surface area (Å²) in [4.78, 5) is 14.4. The first-order chi connectivity index (χ1) is 8.34. The minimum Gasteiger partial charge on any atom is -0.350 e. The molecule has 0 saturated heterocycles. The highest BCUT2D eigenvalue weighted by Gasteiger charge is 2.18. The van der Waals surface area contributed by atoms with E-state index in [2.05, 4.69) is 43.5 Å². The first-order valence-electron chi connectivity index (χ1n) is 6.45. The fourth-order valence-corrected chi connectivity index (χ4v) is 2.45. The Morgan fingerprint density at radius 2 is 2.11 bits per heavy atom. The van der Waals surface area contributed by atoms with Crippen LogP contribution in [0.25, 0.3) is 0 Å². The summed E-state index contributed by atoms with van der Waals surface area (Å²) >= 11 is 1.77. The van der Waals surface area contributed by atoms with Crippen molar-refractivity contribution in [2.45, 2.75) is 52.6 Å². The zero-order valence-corrected chi connectivity index (χ0v) is 12.8. The van der Waals surface area contributed by atoms with Crippen LogP contribution in [0.4, 0.5) is 0 Å². The average Bonchev–Trinajstić information content (AvgIpc) is 2.72. The van der Waals surface area contributed by atoms with E-state index in [0.29, 0.717) is 6.54 Å². The fourth-order valence-electron chi connectivity index (χ4n) is 1.54. The van der Waals surface area contributed by atoms with Crippen LogP contribution >= 0.6 is 11.3 Å². The van der Waals surface area contributed by atoms with Crippen molar-refractivity contribution in [2.75, 3.05) is 6.54 Å². The SMILES string of the molecule is CCC(C)(C)NC(=O)CNC(C)c1ccc(C)s1. The molecule has 0 aliphatic heterocycles. The maximum absolute atomic E-state index is 11.8. The lowest BCUT2D eigenvalue weighted by Crippen LogP contribution is -2.46. The van der Waals surface area contributed by atoms with E-state index in [9.17, 15) is 4.79 Å². The minimum atomic E-state index is -0.123. The van der Waals surface area contributed by atoms with Gasteiger partial charge in [-0.05, 0) is 46.2 Å². The molecule has 0 fully saturated rings. The summed E-state index contributed by atoms with van der Waals surface area (Å²) in [5, 5.41) is 6.28. The molecule has 102 valence electrons. The van der Waals surface area contributed by atoms with E-state index in [1.54, 1.807) is 11.3 Å². The molecule has 2 N–H and O–H groups in total. The summed E-state index contributed by atoms with van der Waals surface area (Å²) in [6, 6.07) is 4.45. The highest BCUT2D eigenvalue weighted by atomic mass is 32.1. The van der Waals surface area contributed by atoms with Crippen LogP contribution in [0.15, 0.2) is 12.1 Å². The van der Waals surface area contributed by atoms with Crippen LogP contribution in [0.5, 0.6) is 0 Å². The second-order valence-corrected chi connectivity index (χ2v) is 6.66. The topological polar surface area (TPSA) is 41.1 Å². The first-order valence-corrected chi connectivity index (χ1v) is 7.26. The van der Waals surface area contributed by atoms with E-state index < -0.39 is 0 Å². The van der Waals surface area contributed by atoms with Crippen molar-refractivity contribution in [3.05, 3.63) is 21.9 Å². The third-order valence-corrected chi connectivity index (χ3v) is 4.30. The van der Waals surface area contributed by atoms with Gasteiger partial charge in [-0.25, -0.2) is 0 Å². The maximum Gasteiger partial charge on any atom is 0.234 e. The van der Waals surface area contributed by atoms with Gasteiger partial charge in [0.25, 0.3) is 0 Å². The molecule has 1 aromatic heterocycles. The number of aryl methyl sites for hydroxylation is 1. The molecule has 1 amide bonds. The Hall–Kier alpha value is -0.870. The van der Waals surface area contributed by atoms with Crippen molar-refractivity contribution in [2.24, 2.45) is 0 Å². The summed E-state index contributed by atoms with van der Waals surface area (Å²) in [7, 11) is 0. The number of nitrogens with one attached hydrogen (secondary N) is 2. The molecule has 3 nitrogen and oxygen atoms in total. The molecule has 0 aliphatic rings. The van der Waals surface area contributed by atoms with Gasteiger partial charge in [0.2, 0.25) is 5.91 Å². The summed E-state index contributed by atoms with van der Waals surface area (Å²) in [6.45, 7) is 10.7. The van der Waals surface area contributed by atoms with Crippen LogP contribution in [0, 0.1) is 6.92 Å². The molecule has 1 aromatic rings. The molecule has 1 unspecified atom stereocenters. The fraction of sp³-hybridized carbons (Fsp3) is 0.643. The normalized spacial score (nSPS) is 13.4. The highest BCUT2D eigenvalue weighted by molar-refractivity contribution is 7.12. The van der Waals surface area contributed by atoms with E-state index in [1.807, 2.05) is 13.8 Å². The Balaban J connectivity index is 2.39. The molecule has 0 radical (unpaired) electrons. The highest BCUT2D eigenvalue weighted by Crippen LogP contribution is 2.21. The molecule has 18 heavy (non-hydrogen) atoms. The molecule has 0 saturated carbocycles. The third-order valence-electron chi connectivity index (χ3n) is 3.12. The Bertz CT molecular complexity index is 398. The van der Waals surface area contributed by atoms with E-state index in [0.717, 1.165) is 6.42 Å². The maximum atomic E-state index is 11.8. The Morgan fingerprint density at radius 3 is 2.61 bits per heavy atom. The van der Waals surface area contributed by atoms with Gasteiger partial charge in [0.05, 0.1) is 6.54 Å². The van der Waals surface area contributed by atoms with E-state index >= 15 is 0 Å². The predicted molar refractivity (Wildman–Crippen MR) is 78.0 cm³/mol. The number of thiophene rings is 1. The second-order valence-electron chi connectivity index (χ2n) is 5.34. The van der Waals surface area contributed by atoms with Gasteiger partial charge < -0.3 is 10.6 Å². The van der Waals surface area contributed by atoms with Gasteiger partial charge in [0.1, 0.15) is 0 Å². The van der Waals surface area contributed by atoms with Crippen molar-refractivity contribution >= 4 is 17.2 Å². The summed E-state index contributed by atoms with van der Waals surface area (Å²) < 4.78 is 0. The Morgan fingerprint density at radius 1 is 1.44 bits per heavy atom. The summed E-state index contributed by atoms with van der Waals surface area (Å²) in [5.41, 5.74) is -0.123. The number of hydrogen-bond donors (Lipinski definition) is 2. The summed E-state index contributed by atoms with van der Waals surface area (Å²) in [5.74, 6) is 0.0574. The van der Waals surface area contributed by atoms with Crippen molar-refractivity contribution in [3.63, 3.8) is 0 Å². The Labute approximate surface area is 114 Å². The molecule has 0 aliphatic carbocycles. The van der Waals surface area contributed by atoms with E-state index in [4.69, 9.17) is 0 Å². The largest absolute Gasteiger partial charge is 0.350 e. The number of carbonyl (C=O) groups is 1. The lowest BCUT2D eigenvalue weighted by molar-refractivity contribution is -0.121. The molecule has 1 heterocycles. The van der Waals surface area contributed by atoms with Crippen LogP contribution in [0.3, 0.4) is 0 Å². The van der Waals surface area contributed by atoms with Crippen LogP contribution in [-0.4, -0.2) is 18.0 Å². The smallest absolute Gasteiger partial charge is 0.234 e. The predicted octanol–water partition coefficient (Wildman–Crippen LogP) is 3.01. The standard InChI is InChI=1S/C14H24N2OS/c1-6-14(4,5)16-13(17)9-15-11(3)12-8-7-10(2)18-12/h7-8,11,15H,6,9H2,1-5H3,(H,16,17). The zero-order chi connectivity index (χ0) is 13.8. The monoisotopic (exact) mass is 268 g/mol. The quantitative estimate of drug-likeness (QED) is 0.832. The average molecular weight is 268 g/mol. The number of hydrogen-bond acceptors (Lipinski definition) is 3. The van der Waals surface area contributed by atoms with Crippen molar-refractivity contribution < 1.29 is 4.79 Å². The van der Waals surface area contributed by atoms with Crippen LogP contribution < -0.4 is 10.6 Å². The molecule has 0 spiro atoms. The van der Waals surface area contributed by atoms with Crippen molar-refractivity contribution in [3.8, 4) is 0 Å². The van der Waals surface area contributed by atoms with Crippen LogP contribution in [-0.2, 0) is 4.79 Å². The first kappa shape index (κ1) is 15.2. The molecular formula is C14H24N2OS. The lowest BCUT2D eigenvalue weighted by Gasteiger charge is -2.25. The number of rotatable bonds is 6. The molecule has 0 bridgehead atoms. The molecule has 1 rings (SSSR count). The molecule has 4 heteroatoms. The molecule has 0 aromatic carbocycles. The van der Waals surface area contributed by atoms with Gasteiger partial charge >= 0.3 is 0 Å². The van der Waals surface area contributed by atoms with Gasteiger partial charge in [-0.2, -0.15) is 0 Å². The van der Waals surface area contributed by atoms with E-state index in [-0.39, 0.29) is 17.5 Å². The number of amides is 1. The van der Waals surface area contributed by atoms with Crippen molar-refractivity contribution in [1.82, 2.24) is 10.6 Å². The molecular weight excluding hydrogens is 244 g/mol. The van der Waals surface area contributed by atoms with Gasteiger partial charge in [-0.3, -0.25) is 4.79 Å². The summed E-state index contributed by atoms with van der Waals surface area (Å²) in [6.07, 6.45) is 0.929. The van der Waals surface area contributed by atoms with Gasteiger partial charge in [0, 0.05) is 21.3 Å². The molecule has 1 atom stereocenters. The van der Waals surface area contributed by atoms with Crippen LogP contribution in [0.1, 0.15) is 49.9 Å². The zero-order valence-electron chi connectivity index (χ0n) is 12.0. The number of carbonyl (C=O) groups excluding carboxylic acids is 1. The van der Waals surface area contributed by atoms with Gasteiger partial charge in [-0.15, -0.1) is 11.3 Å². The third kappa shape index (κ3) is 4.78. The van der Waals surface area contributed by atoms with Crippen molar-refractivity contribution in [1.29, 1.82) is 0 Å². The van der Waals surface area contributed by atoms with Crippen LogP contribution in [0.2, 0.25) is 0 Å². The second kappa shape index (κ2) is 6.34. The minimum absolute atomic E-state index is 0.0574.